The van der Waals surface area contributed by atoms with Crippen LogP contribution in [0.4, 0.5) is 8.78 Å². The van der Waals surface area contributed by atoms with E-state index in [-0.39, 0.29) is 5.02 Å². The Hall–Kier alpha value is -0.740. The van der Waals surface area contributed by atoms with Crippen LogP contribution in [0.2, 0.25) is 5.02 Å². The van der Waals surface area contributed by atoms with Crippen molar-refractivity contribution in [3.8, 4) is 0 Å². The second kappa shape index (κ2) is 3.98. The lowest BCUT2D eigenvalue weighted by molar-refractivity contribution is -0.0310. The SMILES string of the molecule is OCCC(F)(F)c1cc(Cl)ccn1. The summed E-state index contributed by atoms with van der Waals surface area (Å²) in [5.74, 6) is -3.11. The van der Waals surface area contributed by atoms with Gasteiger partial charge >= 0.3 is 0 Å². The van der Waals surface area contributed by atoms with Gasteiger partial charge < -0.3 is 5.11 Å². The second-order valence-electron chi connectivity index (χ2n) is 2.54. The Morgan fingerprint density at radius 2 is 2.23 bits per heavy atom. The number of halogens is 3. The van der Waals surface area contributed by atoms with Crippen LogP contribution in [-0.2, 0) is 5.92 Å². The van der Waals surface area contributed by atoms with Gasteiger partial charge in [-0.2, -0.15) is 8.78 Å². The number of aliphatic hydroxyl groups excluding tert-OH is 1. The molecule has 0 radical (unpaired) electrons. The molecular formula is C8H8ClF2NO. The number of nitrogens with zero attached hydrogens (tertiary/aromatic N) is 1. The van der Waals surface area contributed by atoms with E-state index in [2.05, 4.69) is 4.98 Å². The average molecular weight is 208 g/mol. The van der Waals surface area contributed by atoms with Crippen LogP contribution in [0.25, 0.3) is 0 Å². The highest BCUT2D eigenvalue weighted by molar-refractivity contribution is 6.30. The highest BCUT2D eigenvalue weighted by atomic mass is 35.5. The fraction of sp³-hybridized carbons (Fsp3) is 0.375. The molecule has 2 nitrogen and oxygen atoms in total. The van der Waals surface area contributed by atoms with Gasteiger partial charge in [-0.25, -0.2) is 0 Å². The Kier molecular flexibility index (Phi) is 3.17. The molecule has 0 amide bonds. The summed E-state index contributed by atoms with van der Waals surface area (Å²) in [4.78, 5) is 3.48. The zero-order chi connectivity index (χ0) is 9.90. The third-order valence-electron chi connectivity index (χ3n) is 1.52. The summed E-state index contributed by atoms with van der Waals surface area (Å²) < 4.78 is 26.1. The van der Waals surface area contributed by atoms with Gasteiger partial charge in [0.05, 0.1) is 0 Å². The third-order valence-corrected chi connectivity index (χ3v) is 1.76. The maximum Gasteiger partial charge on any atom is 0.291 e. The summed E-state index contributed by atoms with van der Waals surface area (Å²) >= 11 is 5.52. The van der Waals surface area contributed by atoms with Crippen molar-refractivity contribution in [1.29, 1.82) is 0 Å². The molecule has 0 aliphatic heterocycles. The van der Waals surface area contributed by atoms with Crippen LogP contribution in [0.1, 0.15) is 12.1 Å². The molecule has 1 aromatic heterocycles. The quantitative estimate of drug-likeness (QED) is 0.825. The molecule has 0 saturated heterocycles. The van der Waals surface area contributed by atoms with Crippen LogP contribution in [0, 0.1) is 0 Å². The second-order valence-corrected chi connectivity index (χ2v) is 2.97. The maximum atomic E-state index is 13.1. The van der Waals surface area contributed by atoms with Crippen LogP contribution in [-0.4, -0.2) is 16.7 Å². The molecular weight excluding hydrogens is 200 g/mol. The average Bonchev–Trinajstić information content (AvgIpc) is 2.04. The van der Waals surface area contributed by atoms with Crippen molar-refractivity contribution in [3.63, 3.8) is 0 Å². The van der Waals surface area contributed by atoms with Crippen molar-refractivity contribution >= 4 is 11.6 Å². The van der Waals surface area contributed by atoms with Gasteiger partial charge in [-0.15, -0.1) is 0 Å². The lowest BCUT2D eigenvalue weighted by Crippen LogP contribution is -2.16. The first-order valence-corrected chi connectivity index (χ1v) is 4.05. The van der Waals surface area contributed by atoms with E-state index in [1.807, 2.05) is 0 Å². The molecule has 0 atom stereocenters. The van der Waals surface area contributed by atoms with E-state index in [4.69, 9.17) is 16.7 Å². The molecule has 1 aromatic rings. The minimum absolute atomic E-state index is 0.211. The fourth-order valence-corrected chi connectivity index (χ4v) is 1.03. The normalized spacial score (nSPS) is 11.7. The van der Waals surface area contributed by atoms with Gasteiger partial charge in [0, 0.05) is 24.2 Å². The van der Waals surface area contributed by atoms with E-state index in [0.717, 1.165) is 6.07 Å². The molecule has 1 heterocycles. The lowest BCUT2D eigenvalue weighted by Gasteiger charge is -2.13. The van der Waals surface area contributed by atoms with Gasteiger partial charge in [0.15, 0.2) is 0 Å². The van der Waals surface area contributed by atoms with Gasteiger partial charge in [-0.1, -0.05) is 11.6 Å². The predicted molar refractivity (Wildman–Crippen MR) is 44.8 cm³/mol. The Morgan fingerprint density at radius 1 is 1.54 bits per heavy atom. The molecule has 0 aliphatic rings. The van der Waals surface area contributed by atoms with Crippen LogP contribution in [0.5, 0.6) is 0 Å². The summed E-state index contributed by atoms with van der Waals surface area (Å²) in [5.41, 5.74) is -0.408. The van der Waals surface area contributed by atoms with Crippen LogP contribution in [0.3, 0.4) is 0 Å². The molecule has 0 fully saturated rings. The van der Waals surface area contributed by atoms with E-state index in [1.54, 1.807) is 0 Å². The Labute approximate surface area is 79.2 Å². The highest BCUT2D eigenvalue weighted by Crippen LogP contribution is 2.30. The van der Waals surface area contributed by atoms with E-state index in [9.17, 15) is 8.78 Å². The minimum atomic E-state index is -3.11. The standard InChI is InChI=1S/C8H8ClF2NO/c9-6-1-3-12-7(5-6)8(10,11)2-4-13/h1,3,5,13H,2,4H2. The number of hydrogen-bond donors (Lipinski definition) is 1. The largest absolute Gasteiger partial charge is 0.396 e. The molecule has 0 bridgehead atoms. The molecule has 0 spiro atoms. The lowest BCUT2D eigenvalue weighted by atomic mass is 10.1. The number of aliphatic hydroxyl groups is 1. The zero-order valence-corrected chi connectivity index (χ0v) is 7.43. The van der Waals surface area contributed by atoms with Gasteiger partial charge in [0.2, 0.25) is 0 Å². The van der Waals surface area contributed by atoms with E-state index >= 15 is 0 Å². The predicted octanol–water partition coefficient (Wildman–Crippen LogP) is 2.21. The zero-order valence-electron chi connectivity index (χ0n) is 6.67. The number of rotatable bonds is 3. The summed E-state index contributed by atoms with van der Waals surface area (Å²) in [6.45, 7) is -0.582. The van der Waals surface area contributed by atoms with E-state index < -0.39 is 24.6 Å². The summed E-state index contributed by atoms with van der Waals surface area (Å²) in [6.07, 6.45) is 0.573. The number of alkyl halides is 2. The van der Waals surface area contributed by atoms with E-state index in [1.165, 1.54) is 12.3 Å². The smallest absolute Gasteiger partial charge is 0.291 e. The minimum Gasteiger partial charge on any atom is -0.396 e. The van der Waals surface area contributed by atoms with Crippen LogP contribution >= 0.6 is 11.6 Å². The number of hydrogen-bond acceptors (Lipinski definition) is 2. The van der Waals surface area contributed by atoms with Crippen molar-refractivity contribution in [3.05, 3.63) is 29.0 Å². The molecule has 0 aliphatic carbocycles. The van der Waals surface area contributed by atoms with Crippen molar-refractivity contribution in [2.45, 2.75) is 12.3 Å². The number of pyridine rings is 1. The molecule has 0 unspecified atom stereocenters. The maximum absolute atomic E-state index is 13.1. The molecule has 0 aromatic carbocycles. The van der Waals surface area contributed by atoms with Crippen molar-refractivity contribution in [2.75, 3.05) is 6.61 Å². The first-order chi connectivity index (χ1) is 6.06. The van der Waals surface area contributed by atoms with Crippen LogP contribution in [0.15, 0.2) is 18.3 Å². The first-order valence-electron chi connectivity index (χ1n) is 3.67. The third kappa shape index (κ3) is 2.60. The molecule has 72 valence electrons. The Balaban J connectivity index is 2.93. The molecule has 13 heavy (non-hydrogen) atoms. The summed E-state index contributed by atoms with van der Waals surface area (Å²) in [5, 5.41) is 8.60. The van der Waals surface area contributed by atoms with Crippen molar-refractivity contribution in [1.82, 2.24) is 4.98 Å². The molecule has 0 saturated carbocycles. The topological polar surface area (TPSA) is 33.1 Å². The monoisotopic (exact) mass is 207 g/mol. The van der Waals surface area contributed by atoms with Gasteiger partial charge in [0.25, 0.3) is 5.92 Å². The molecule has 5 heteroatoms. The Bertz CT molecular complexity index is 293. The van der Waals surface area contributed by atoms with Gasteiger partial charge in [0.1, 0.15) is 5.69 Å². The van der Waals surface area contributed by atoms with Gasteiger partial charge in [-0.05, 0) is 12.1 Å². The summed E-state index contributed by atoms with van der Waals surface area (Å²) in [7, 11) is 0. The van der Waals surface area contributed by atoms with Gasteiger partial charge in [-0.3, -0.25) is 4.98 Å². The number of aromatic nitrogens is 1. The molecule has 1 N–H and O–H groups in total. The van der Waals surface area contributed by atoms with Crippen LogP contribution < -0.4 is 0 Å². The fourth-order valence-electron chi connectivity index (χ4n) is 0.873. The van der Waals surface area contributed by atoms with Crippen molar-refractivity contribution < 1.29 is 13.9 Å². The first kappa shape index (κ1) is 10.3. The van der Waals surface area contributed by atoms with E-state index in [0.29, 0.717) is 0 Å². The van der Waals surface area contributed by atoms with Crippen molar-refractivity contribution in [2.24, 2.45) is 0 Å². The highest BCUT2D eigenvalue weighted by Gasteiger charge is 2.32. The Morgan fingerprint density at radius 3 is 2.77 bits per heavy atom. The molecule has 1 rings (SSSR count). The summed E-state index contributed by atoms with van der Waals surface area (Å²) in [6, 6.07) is 2.51.